The van der Waals surface area contributed by atoms with Gasteiger partial charge in [0.1, 0.15) is 11.4 Å². The summed E-state index contributed by atoms with van der Waals surface area (Å²) in [4.78, 5) is 30.4. The second kappa shape index (κ2) is 7.13. The van der Waals surface area contributed by atoms with Gasteiger partial charge >= 0.3 is 5.97 Å². The molecule has 5 nitrogen and oxygen atoms in total. The molecule has 2 rings (SSSR count). The molecule has 1 heterocycles. The Kier molecular flexibility index (Phi) is 5.39. The third-order valence-corrected chi connectivity index (χ3v) is 5.03. The van der Waals surface area contributed by atoms with E-state index in [0.29, 0.717) is 10.6 Å². The van der Waals surface area contributed by atoms with Crippen molar-refractivity contribution in [2.75, 3.05) is 6.54 Å². The number of nitrogens with zero attached hydrogens (tertiary/aromatic N) is 2. The summed E-state index contributed by atoms with van der Waals surface area (Å²) in [6.45, 7) is 7.83. The standard InChI is InChI=1S/C18H22N2O3S/c1-12-15(24-17(19-12)18(2,3)4)16(23)20(11-14(21)22)10-13-8-6-5-7-9-13/h5-9H,10-11H2,1-4H3,(H,21,22). The first-order chi connectivity index (χ1) is 11.2. The normalized spacial score (nSPS) is 11.3. The van der Waals surface area contributed by atoms with Crippen molar-refractivity contribution in [1.29, 1.82) is 0 Å². The lowest BCUT2D eigenvalue weighted by molar-refractivity contribution is -0.137. The zero-order valence-electron chi connectivity index (χ0n) is 14.4. The molecule has 1 aromatic heterocycles. The average Bonchev–Trinajstić information content (AvgIpc) is 2.88. The molecule has 1 aromatic carbocycles. The monoisotopic (exact) mass is 346 g/mol. The van der Waals surface area contributed by atoms with E-state index in [4.69, 9.17) is 5.11 Å². The highest BCUT2D eigenvalue weighted by Gasteiger charge is 2.27. The zero-order chi connectivity index (χ0) is 17.9. The van der Waals surface area contributed by atoms with Gasteiger partial charge in [0.25, 0.3) is 5.91 Å². The topological polar surface area (TPSA) is 70.5 Å². The maximum absolute atomic E-state index is 12.9. The fraction of sp³-hybridized carbons (Fsp3) is 0.389. The fourth-order valence-electron chi connectivity index (χ4n) is 2.23. The Bertz CT molecular complexity index is 732. The molecule has 0 atom stereocenters. The molecule has 6 heteroatoms. The SMILES string of the molecule is Cc1nc(C(C)(C)C)sc1C(=O)N(CC(=O)O)Cc1ccccc1. The van der Waals surface area contributed by atoms with Crippen molar-refractivity contribution in [3.05, 3.63) is 51.5 Å². The van der Waals surface area contributed by atoms with Crippen LogP contribution in [0.4, 0.5) is 0 Å². The molecule has 0 saturated carbocycles. The number of benzene rings is 1. The third kappa shape index (κ3) is 4.41. The van der Waals surface area contributed by atoms with E-state index in [1.165, 1.54) is 16.2 Å². The number of rotatable bonds is 5. The number of carboxylic acid groups (broad SMARTS) is 1. The Morgan fingerprint density at radius 2 is 1.83 bits per heavy atom. The minimum atomic E-state index is -1.03. The lowest BCUT2D eigenvalue weighted by atomic mass is 9.98. The molecule has 0 fully saturated rings. The van der Waals surface area contributed by atoms with Crippen LogP contribution in [0.2, 0.25) is 0 Å². The number of thiazole rings is 1. The molecule has 0 unspecified atom stereocenters. The summed E-state index contributed by atoms with van der Waals surface area (Å²) in [6, 6.07) is 9.38. The first kappa shape index (κ1) is 18.1. The summed E-state index contributed by atoms with van der Waals surface area (Å²) in [7, 11) is 0. The molecule has 0 radical (unpaired) electrons. The molecule has 0 bridgehead atoms. The van der Waals surface area contributed by atoms with E-state index in [2.05, 4.69) is 4.98 Å². The number of carboxylic acids is 1. The van der Waals surface area contributed by atoms with E-state index in [1.807, 2.05) is 51.1 Å². The fourth-order valence-corrected chi connectivity index (χ4v) is 3.32. The van der Waals surface area contributed by atoms with Crippen LogP contribution < -0.4 is 0 Å². The van der Waals surface area contributed by atoms with Crippen LogP contribution >= 0.6 is 11.3 Å². The van der Waals surface area contributed by atoms with E-state index in [0.717, 1.165) is 10.6 Å². The highest BCUT2D eigenvalue weighted by Crippen LogP contribution is 2.30. The van der Waals surface area contributed by atoms with Crippen LogP contribution in [0.15, 0.2) is 30.3 Å². The molecule has 128 valence electrons. The van der Waals surface area contributed by atoms with Gasteiger partial charge in [0.15, 0.2) is 0 Å². The molecule has 0 saturated heterocycles. The van der Waals surface area contributed by atoms with Crippen LogP contribution in [-0.2, 0) is 16.8 Å². The number of amides is 1. The predicted octanol–water partition coefficient (Wildman–Crippen LogP) is 3.48. The summed E-state index contributed by atoms with van der Waals surface area (Å²) in [5.41, 5.74) is 1.40. The zero-order valence-corrected chi connectivity index (χ0v) is 15.2. The second-order valence-corrected chi connectivity index (χ2v) is 7.72. The third-order valence-electron chi connectivity index (χ3n) is 3.46. The molecule has 0 aliphatic rings. The lowest BCUT2D eigenvalue weighted by Crippen LogP contribution is -2.35. The van der Waals surface area contributed by atoms with Gasteiger partial charge in [-0.1, -0.05) is 51.1 Å². The van der Waals surface area contributed by atoms with Gasteiger partial charge in [-0.25, -0.2) is 4.98 Å². The van der Waals surface area contributed by atoms with Crippen LogP contribution in [0, 0.1) is 6.92 Å². The van der Waals surface area contributed by atoms with Crippen LogP contribution in [0.25, 0.3) is 0 Å². The van der Waals surface area contributed by atoms with Gasteiger partial charge in [-0.15, -0.1) is 11.3 Å². The van der Waals surface area contributed by atoms with Crippen molar-refractivity contribution in [3.63, 3.8) is 0 Å². The average molecular weight is 346 g/mol. The van der Waals surface area contributed by atoms with Gasteiger partial charge in [-0.3, -0.25) is 9.59 Å². The summed E-state index contributed by atoms with van der Waals surface area (Å²) in [6.07, 6.45) is 0. The van der Waals surface area contributed by atoms with Gasteiger partial charge in [0.05, 0.1) is 10.7 Å². The highest BCUT2D eigenvalue weighted by atomic mass is 32.1. The second-order valence-electron chi connectivity index (χ2n) is 6.72. The van der Waals surface area contributed by atoms with Crippen LogP contribution in [0.1, 0.15) is 46.7 Å². The van der Waals surface area contributed by atoms with Crippen LogP contribution in [-0.4, -0.2) is 33.4 Å². The number of aryl methyl sites for hydroxylation is 1. The molecule has 1 N–H and O–H groups in total. The van der Waals surface area contributed by atoms with Crippen molar-refractivity contribution < 1.29 is 14.7 Å². The summed E-state index contributed by atoms with van der Waals surface area (Å²) < 4.78 is 0. The Hall–Kier alpha value is -2.21. The quantitative estimate of drug-likeness (QED) is 0.900. The van der Waals surface area contributed by atoms with Crippen LogP contribution in [0.3, 0.4) is 0 Å². The molecule has 0 spiro atoms. The number of hydrogen-bond donors (Lipinski definition) is 1. The summed E-state index contributed by atoms with van der Waals surface area (Å²) in [5.74, 6) is -1.32. The maximum atomic E-state index is 12.9. The van der Waals surface area contributed by atoms with Crippen molar-refractivity contribution in [1.82, 2.24) is 9.88 Å². The van der Waals surface area contributed by atoms with E-state index in [-0.39, 0.29) is 24.4 Å². The van der Waals surface area contributed by atoms with E-state index in [9.17, 15) is 9.59 Å². The van der Waals surface area contributed by atoms with Crippen molar-refractivity contribution >= 4 is 23.2 Å². The maximum Gasteiger partial charge on any atom is 0.323 e. The van der Waals surface area contributed by atoms with Crippen molar-refractivity contribution in [2.24, 2.45) is 0 Å². The molecule has 1 amide bonds. The van der Waals surface area contributed by atoms with E-state index < -0.39 is 5.97 Å². The molecule has 24 heavy (non-hydrogen) atoms. The minimum absolute atomic E-state index is 0.148. The van der Waals surface area contributed by atoms with Gasteiger partial charge in [-0.05, 0) is 12.5 Å². The summed E-state index contributed by atoms with van der Waals surface area (Å²) in [5, 5.41) is 10.0. The summed E-state index contributed by atoms with van der Waals surface area (Å²) >= 11 is 1.35. The first-order valence-electron chi connectivity index (χ1n) is 7.71. The van der Waals surface area contributed by atoms with Crippen molar-refractivity contribution in [3.8, 4) is 0 Å². The van der Waals surface area contributed by atoms with E-state index in [1.54, 1.807) is 6.92 Å². The Morgan fingerprint density at radius 1 is 1.21 bits per heavy atom. The van der Waals surface area contributed by atoms with Crippen molar-refractivity contribution in [2.45, 2.75) is 39.7 Å². The largest absolute Gasteiger partial charge is 0.480 e. The number of carbonyl (C=O) groups is 2. The first-order valence-corrected chi connectivity index (χ1v) is 8.53. The number of carbonyl (C=O) groups excluding carboxylic acids is 1. The van der Waals surface area contributed by atoms with Gasteiger partial charge in [0, 0.05) is 12.0 Å². The Labute approximate surface area is 146 Å². The number of hydrogen-bond acceptors (Lipinski definition) is 4. The number of aromatic nitrogens is 1. The molecular weight excluding hydrogens is 324 g/mol. The molecular formula is C18H22N2O3S. The smallest absolute Gasteiger partial charge is 0.323 e. The van der Waals surface area contributed by atoms with Gasteiger partial charge in [-0.2, -0.15) is 0 Å². The van der Waals surface area contributed by atoms with Gasteiger partial charge in [0.2, 0.25) is 0 Å². The van der Waals surface area contributed by atoms with Crippen LogP contribution in [0.5, 0.6) is 0 Å². The minimum Gasteiger partial charge on any atom is -0.480 e. The Balaban J connectivity index is 2.31. The Morgan fingerprint density at radius 3 is 2.33 bits per heavy atom. The predicted molar refractivity (Wildman–Crippen MR) is 94.4 cm³/mol. The van der Waals surface area contributed by atoms with E-state index >= 15 is 0 Å². The molecule has 0 aliphatic carbocycles. The molecule has 2 aromatic rings. The molecule has 0 aliphatic heterocycles. The highest BCUT2D eigenvalue weighted by molar-refractivity contribution is 7.14. The van der Waals surface area contributed by atoms with Gasteiger partial charge < -0.3 is 10.0 Å². The lowest BCUT2D eigenvalue weighted by Gasteiger charge is -2.20. The number of aliphatic carboxylic acids is 1.